The predicted molar refractivity (Wildman–Crippen MR) is 119 cm³/mol. The van der Waals surface area contributed by atoms with Gasteiger partial charge in [-0.3, -0.25) is 14.9 Å². The molecular weight excluding hydrogens is 410 g/mol. The molecule has 32 heavy (non-hydrogen) atoms. The fraction of sp³-hybridized carbons (Fsp3) is 0.333. The summed E-state index contributed by atoms with van der Waals surface area (Å²) in [5, 5.41) is 7.46. The van der Waals surface area contributed by atoms with Gasteiger partial charge in [-0.05, 0) is 54.7 Å². The first-order valence-corrected chi connectivity index (χ1v) is 10.3. The molecule has 0 bridgehead atoms. The molecular formula is C24H27N3O5. The molecule has 1 aliphatic heterocycles. The van der Waals surface area contributed by atoms with Gasteiger partial charge >= 0.3 is 12.0 Å². The summed E-state index contributed by atoms with van der Waals surface area (Å²) in [6.45, 7) is 9.32. The number of amides is 4. The Bertz CT molecular complexity index is 1070. The van der Waals surface area contributed by atoms with Crippen LogP contribution in [0.2, 0.25) is 0 Å². The molecule has 2 atom stereocenters. The first-order valence-electron chi connectivity index (χ1n) is 10.3. The van der Waals surface area contributed by atoms with Crippen LogP contribution < -0.4 is 16.0 Å². The summed E-state index contributed by atoms with van der Waals surface area (Å²) >= 11 is 0. The van der Waals surface area contributed by atoms with Crippen LogP contribution in [0.25, 0.3) is 0 Å². The number of anilines is 1. The minimum atomic E-state index is -1.30. The van der Waals surface area contributed by atoms with Gasteiger partial charge in [0, 0.05) is 5.69 Å². The summed E-state index contributed by atoms with van der Waals surface area (Å²) < 4.78 is 5.31. The van der Waals surface area contributed by atoms with Gasteiger partial charge in [-0.25, -0.2) is 9.59 Å². The fourth-order valence-corrected chi connectivity index (χ4v) is 3.28. The van der Waals surface area contributed by atoms with E-state index in [1.165, 1.54) is 19.1 Å². The highest BCUT2D eigenvalue weighted by Gasteiger charge is 2.43. The lowest BCUT2D eigenvalue weighted by Gasteiger charge is -2.21. The topological polar surface area (TPSA) is 114 Å². The van der Waals surface area contributed by atoms with Gasteiger partial charge in [0.1, 0.15) is 5.54 Å². The van der Waals surface area contributed by atoms with E-state index in [1.807, 2.05) is 12.1 Å². The molecule has 0 unspecified atom stereocenters. The summed E-state index contributed by atoms with van der Waals surface area (Å²) in [5.41, 5.74) is 1.02. The van der Waals surface area contributed by atoms with E-state index in [9.17, 15) is 19.2 Å². The van der Waals surface area contributed by atoms with E-state index in [2.05, 4.69) is 36.7 Å². The third kappa shape index (κ3) is 4.80. The molecule has 2 aromatic carbocycles. The molecule has 8 nitrogen and oxygen atoms in total. The number of urea groups is 1. The molecule has 1 heterocycles. The van der Waals surface area contributed by atoms with Crippen molar-refractivity contribution in [3.8, 4) is 0 Å². The summed E-state index contributed by atoms with van der Waals surface area (Å²) in [6, 6.07) is 13.1. The van der Waals surface area contributed by atoms with E-state index in [-0.39, 0.29) is 11.0 Å². The number of imide groups is 1. The highest BCUT2D eigenvalue weighted by Crippen LogP contribution is 2.26. The van der Waals surface area contributed by atoms with Crippen LogP contribution in [0.5, 0.6) is 0 Å². The van der Waals surface area contributed by atoms with Crippen molar-refractivity contribution in [1.29, 1.82) is 0 Å². The van der Waals surface area contributed by atoms with Gasteiger partial charge in [-0.15, -0.1) is 0 Å². The van der Waals surface area contributed by atoms with E-state index >= 15 is 0 Å². The maximum atomic E-state index is 12.6. The van der Waals surface area contributed by atoms with E-state index in [0.29, 0.717) is 11.3 Å². The lowest BCUT2D eigenvalue weighted by molar-refractivity contribution is -0.124. The largest absolute Gasteiger partial charge is 0.449 e. The number of hydrogen-bond donors (Lipinski definition) is 3. The first-order chi connectivity index (χ1) is 14.9. The van der Waals surface area contributed by atoms with E-state index in [0.717, 1.165) is 5.56 Å². The van der Waals surface area contributed by atoms with Crippen LogP contribution in [0.1, 0.15) is 56.1 Å². The molecule has 0 radical (unpaired) electrons. The zero-order valence-corrected chi connectivity index (χ0v) is 18.7. The van der Waals surface area contributed by atoms with Crippen LogP contribution in [-0.4, -0.2) is 29.9 Å². The van der Waals surface area contributed by atoms with Gasteiger partial charge in [0.25, 0.3) is 11.8 Å². The molecule has 4 amide bonds. The summed E-state index contributed by atoms with van der Waals surface area (Å²) in [6.07, 6.45) is -1.04. The quantitative estimate of drug-likeness (QED) is 0.491. The third-order valence-electron chi connectivity index (χ3n) is 5.39. The molecule has 8 heteroatoms. The van der Waals surface area contributed by atoms with Crippen molar-refractivity contribution in [2.75, 3.05) is 5.32 Å². The molecule has 0 spiro atoms. The number of ether oxygens (including phenoxy) is 1. The van der Waals surface area contributed by atoms with Crippen molar-refractivity contribution >= 4 is 29.5 Å². The highest BCUT2D eigenvalue weighted by atomic mass is 16.5. The number of hydrogen-bond acceptors (Lipinski definition) is 5. The normalized spacial score (nSPS) is 19.0. The number of carbonyl (C=O) groups excluding carboxylic acids is 4. The molecule has 3 rings (SSSR count). The molecule has 0 aliphatic carbocycles. The van der Waals surface area contributed by atoms with Crippen LogP contribution >= 0.6 is 0 Å². The molecule has 3 N–H and O–H groups in total. The van der Waals surface area contributed by atoms with Crippen molar-refractivity contribution in [2.24, 2.45) is 0 Å². The molecule has 168 valence electrons. The number of esters is 1. The number of rotatable bonds is 5. The molecule has 0 saturated carbocycles. The van der Waals surface area contributed by atoms with E-state index < -0.39 is 35.5 Å². The zero-order chi connectivity index (χ0) is 23.7. The Kier molecular flexibility index (Phi) is 6.07. The maximum absolute atomic E-state index is 12.6. The summed E-state index contributed by atoms with van der Waals surface area (Å²) in [4.78, 5) is 48.7. The second-order valence-electron chi connectivity index (χ2n) is 8.98. The average molecular weight is 437 g/mol. The number of nitrogens with one attached hydrogen (secondary N) is 3. The number of carbonyl (C=O) groups is 4. The summed E-state index contributed by atoms with van der Waals surface area (Å²) in [7, 11) is 0. The maximum Gasteiger partial charge on any atom is 0.338 e. The van der Waals surface area contributed by atoms with E-state index in [4.69, 9.17) is 4.74 Å². The third-order valence-corrected chi connectivity index (χ3v) is 5.39. The van der Waals surface area contributed by atoms with E-state index in [1.54, 1.807) is 31.2 Å². The molecule has 0 aromatic heterocycles. The van der Waals surface area contributed by atoms with Crippen LogP contribution in [0, 0.1) is 0 Å². The van der Waals surface area contributed by atoms with Gasteiger partial charge in [0.2, 0.25) is 0 Å². The smallest absolute Gasteiger partial charge is 0.338 e. The lowest BCUT2D eigenvalue weighted by Crippen LogP contribution is -2.40. The minimum absolute atomic E-state index is 0.00104. The van der Waals surface area contributed by atoms with Crippen LogP contribution in [0.15, 0.2) is 48.5 Å². The Labute approximate surface area is 186 Å². The van der Waals surface area contributed by atoms with Crippen molar-refractivity contribution in [2.45, 2.75) is 51.7 Å². The lowest BCUT2D eigenvalue weighted by atomic mass is 9.87. The molecule has 1 fully saturated rings. The monoisotopic (exact) mass is 437 g/mol. The molecule has 1 saturated heterocycles. The van der Waals surface area contributed by atoms with Crippen molar-refractivity contribution in [3.63, 3.8) is 0 Å². The van der Waals surface area contributed by atoms with Gasteiger partial charge < -0.3 is 15.4 Å². The van der Waals surface area contributed by atoms with Crippen LogP contribution in [0.3, 0.4) is 0 Å². The molecule has 2 aromatic rings. The predicted octanol–water partition coefficient (Wildman–Crippen LogP) is 3.22. The number of benzene rings is 2. The van der Waals surface area contributed by atoms with Crippen molar-refractivity contribution in [1.82, 2.24) is 10.6 Å². The average Bonchev–Trinajstić information content (AvgIpc) is 3.00. The SMILES string of the molecule is C[C@H](OC(=O)c1cccc([C@@]2(C)NC(=O)NC2=O)c1)C(=O)Nc1ccc(C(C)(C)C)cc1. The minimum Gasteiger partial charge on any atom is -0.449 e. The van der Waals surface area contributed by atoms with Crippen molar-refractivity contribution in [3.05, 3.63) is 65.2 Å². The van der Waals surface area contributed by atoms with Crippen LogP contribution in [0.4, 0.5) is 10.5 Å². The Balaban J connectivity index is 1.66. The molecule has 1 aliphatic rings. The second kappa shape index (κ2) is 8.45. The standard InChI is InChI=1S/C24H27N3O5/c1-14(19(28)25-18-11-9-16(10-12-18)23(2,3)4)32-20(29)15-7-6-8-17(13-15)24(5)21(30)26-22(31)27-24/h6-14H,1-5H3,(H,25,28)(H2,26,27,30,31)/t14-,24+/m0/s1. The van der Waals surface area contributed by atoms with Gasteiger partial charge in [0.15, 0.2) is 6.10 Å². The second-order valence-corrected chi connectivity index (χ2v) is 8.98. The first kappa shape index (κ1) is 23.0. The highest BCUT2D eigenvalue weighted by molar-refractivity contribution is 6.07. The van der Waals surface area contributed by atoms with Gasteiger partial charge in [-0.2, -0.15) is 0 Å². The van der Waals surface area contributed by atoms with Crippen molar-refractivity contribution < 1.29 is 23.9 Å². The summed E-state index contributed by atoms with van der Waals surface area (Å²) in [5.74, 6) is -1.70. The Morgan fingerprint density at radius 2 is 1.72 bits per heavy atom. The zero-order valence-electron chi connectivity index (χ0n) is 18.7. The Morgan fingerprint density at radius 3 is 2.28 bits per heavy atom. The fourth-order valence-electron chi connectivity index (χ4n) is 3.28. The Morgan fingerprint density at radius 1 is 1.06 bits per heavy atom. The Hall–Kier alpha value is -3.68. The van der Waals surface area contributed by atoms with Gasteiger partial charge in [0.05, 0.1) is 5.56 Å². The van der Waals surface area contributed by atoms with Gasteiger partial charge in [-0.1, -0.05) is 45.0 Å². The van der Waals surface area contributed by atoms with Crippen LogP contribution in [-0.2, 0) is 25.3 Å².